The highest BCUT2D eigenvalue weighted by Crippen LogP contribution is 2.37. The third-order valence-corrected chi connectivity index (χ3v) is 7.79. The molecule has 2 amide bonds. The van der Waals surface area contributed by atoms with Crippen molar-refractivity contribution >= 4 is 21.7 Å². The molecule has 2 atom stereocenters. The molecule has 0 spiro atoms. The monoisotopic (exact) mass is 433 g/mol. The van der Waals surface area contributed by atoms with Crippen LogP contribution < -0.4 is 0 Å². The Morgan fingerprint density at radius 2 is 1.42 bits per heavy atom. The van der Waals surface area contributed by atoms with Gasteiger partial charge in [0.2, 0.25) is 11.8 Å². The summed E-state index contributed by atoms with van der Waals surface area (Å²) >= 11 is 0. The topological polar surface area (TPSA) is 71.5 Å². The largest absolute Gasteiger partial charge is 0.277 e. The first-order valence-electron chi connectivity index (χ1n) is 10.1. The predicted molar refractivity (Wildman–Crippen MR) is 118 cm³/mol. The molecule has 3 aromatic rings. The number of nitrogens with zero attached hydrogens (tertiary/aromatic N) is 1. The Hall–Kier alpha value is -3.25. The number of rotatable bonds is 5. The lowest BCUT2D eigenvalue weighted by Gasteiger charge is -2.36. The number of piperidine rings is 1. The van der Waals surface area contributed by atoms with Crippen molar-refractivity contribution < 1.29 is 18.0 Å². The van der Waals surface area contributed by atoms with Gasteiger partial charge in [0.05, 0.1) is 11.4 Å². The van der Waals surface area contributed by atoms with Gasteiger partial charge >= 0.3 is 0 Å². The Bertz CT molecular complexity index is 1190. The molecule has 0 aliphatic carbocycles. The Morgan fingerprint density at radius 3 is 2.03 bits per heavy atom. The van der Waals surface area contributed by atoms with Crippen molar-refractivity contribution in [3.05, 3.63) is 102 Å². The number of hydrogen-bond acceptors (Lipinski definition) is 4. The number of sulfone groups is 1. The van der Waals surface area contributed by atoms with Crippen molar-refractivity contribution in [3.63, 3.8) is 0 Å². The van der Waals surface area contributed by atoms with Gasteiger partial charge in [0.25, 0.3) is 0 Å². The van der Waals surface area contributed by atoms with Gasteiger partial charge in [-0.15, -0.1) is 0 Å². The number of aryl methyl sites for hydroxylation is 1. The summed E-state index contributed by atoms with van der Waals surface area (Å²) in [6.07, 6.45) is -0.0433. The Labute approximate surface area is 182 Å². The Morgan fingerprint density at radius 1 is 0.839 bits per heavy atom. The zero-order valence-corrected chi connectivity index (χ0v) is 18.0. The molecular weight excluding hydrogens is 410 g/mol. The van der Waals surface area contributed by atoms with Crippen LogP contribution in [0.3, 0.4) is 0 Å². The summed E-state index contributed by atoms with van der Waals surface area (Å²) in [6.45, 7) is 1.93. The zero-order valence-electron chi connectivity index (χ0n) is 17.1. The molecular formula is C25H23NO4S. The van der Waals surface area contributed by atoms with Crippen molar-refractivity contribution in [1.82, 2.24) is 4.90 Å². The molecule has 0 saturated carbocycles. The van der Waals surface area contributed by atoms with Crippen LogP contribution in [0.15, 0.2) is 89.8 Å². The standard InChI is InChI=1S/C25H23NO4S/c1-18-12-14-21(15-13-18)31(29,30)24-22(20-10-6-3-7-11-20)16-23(27)26(25(24)28)17-19-8-4-2-5-9-19/h2-15,22,24H,16-17H2,1H3/t22-,24-/m1/s1. The zero-order chi connectivity index (χ0) is 22.0. The third-order valence-electron chi connectivity index (χ3n) is 5.67. The molecule has 0 aromatic heterocycles. The molecule has 158 valence electrons. The van der Waals surface area contributed by atoms with Crippen molar-refractivity contribution in [2.45, 2.75) is 36.0 Å². The van der Waals surface area contributed by atoms with Crippen LogP contribution >= 0.6 is 0 Å². The number of hydrogen-bond donors (Lipinski definition) is 0. The third kappa shape index (κ3) is 4.16. The highest BCUT2D eigenvalue weighted by molar-refractivity contribution is 7.92. The van der Waals surface area contributed by atoms with Gasteiger partial charge < -0.3 is 0 Å². The van der Waals surface area contributed by atoms with Crippen molar-refractivity contribution in [2.24, 2.45) is 0 Å². The van der Waals surface area contributed by atoms with Gasteiger partial charge in [-0.2, -0.15) is 0 Å². The first kappa shape index (κ1) is 21.0. The van der Waals surface area contributed by atoms with E-state index >= 15 is 0 Å². The van der Waals surface area contributed by atoms with Gasteiger partial charge in [-0.1, -0.05) is 78.4 Å². The lowest BCUT2D eigenvalue weighted by Crippen LogP contribution is -2.53. The average Bonchev–Trinajstić information content (AvgIpc) is 2.77. The van der Waals surface area contributed by atoms with Crippen LogP contribution in [0.25, 0.3) is 0 Å². The summed E-state index contributed by atoms with van der Waals surface area (Å²) in [5.74, 6) is -1.77. The number of carbonyl (C=O) groups excluding carboxylic acids is 2. The highest BCUT2D eigenvalue weighted by Gasteiger charge is 2.49. The average molecular weight is 434 g/mol. The van der Waals surface area contributed by atoms with Crippen LogP contribution in [0.1, 0.15) is 29.0 Å². The minimum Gasteiger partial charge on any atom is -0.277 e. The van der Waals surface area contributed by atoms with Crippen LogP contribution in [0.5, 0.6) is 0 Å². The maximum Gasteiger partial charge on any atom is 0.248 e. The quantitative estimate of drug-likeness (QED) is 0.573. The van der Waals surface area contributed by atoms with Crippen molar-refractivity contribution in [2.75, 3.05) is 0 Å². The second-order valence-corrected chi connectivity index (χ2v) is 9.87. The molecule has 6 heteroatoms. The van der Waals surface area contributed by atoms with Gasteiger partial charge in [-0.05, 0) is 30.2 Å². The lowest BCUT2D eigenvalue weighted by atomic mass is 9.88. The van der Waals surface area contributed by atoms with Gasteiger partial charge in [0.1, 0.15) is 0 Å². The second kappa shape index (κ2) is 8.47. The fourth-order valence-corrected chi connectivity index (χ4v) is 5.89. The van der Waals surface area contributed by atoms with E-state index in [1.165, 1.54) is 12.1 Å². The van der Waals surface area contributed by atoms with E-state index in [2.05, 4.69) is 0 Å². The highest BCUT2D eigenvalue weighted by atomic mass is 32.2. The van der Waals surface area contributed by atoms with Gasteiger partial charge in [0.15, 0.2) is 15.1 Å². The van der Waals surface area contributed by atoms with Gasteiger partial charge in [0, 0.05) is 12.3 Å². The molecule has 1 heterocycles. The molecule has 5 nitrogen and oxygen atoms in total. The number of carbonyl (C=O) groups is 2. The van der Waals surface area contributed by atoms with E-state index < -0.39 is 26.9 Å². The van der Waals surface area contributed by atoms with Crippen LogP contribution in [-0.2, 0) is 26.0 Å². The molecule has 0 unspecified atom stereocenters. The fraction of sp³-hybridized carbons (Fsp3) is 0.200. The number of likely N-dealkylation sites (tertiary alicyclic amines) is 1. The molecule has 4 rings (SSSR count). The normalized spacial score (nSPS) is 19.5. The van der Waals surface area contributed by atoms with E-state index in [4.69, 9.17) is 0 Å². The summed E-state index contributed by atoms with van der Waals surface area (Å²) in [5, 5.41) is -1.36. The van der Waals surface area contributed by atoms with E-state index in [0.29, 0.717) is 5.56 Å². The first-order chi connectivity index (χ1) is 14.9. The smallest absolute Gasteiger partial charge is 0.248 e. The molecule has 1 saturated heterocycles. The molecule has 0 bridgehead atoms. The fourth-order valence-electron chi connectivity index (χ4n) is 4.00. The molecule has 0 N–H and O–H groups in total. The summed E-state index contributed by atoms with van der Waals surface area (Å²) in [4.78, 5) is 27.7. The summed E-state index contributed by atoms with van der Waals surface area (Å²) in [7, 11) is -4.02. The van der Waals surface area contributed by atoms with Crippen LogP contribution in [0.2, 0.25) is 0 Å². The van der Waals surface area contributed by atoms with Gasteiger partial charge in [-0.25, -0.2) is 8.42 Å². The van der Waals surface area contributed by atoms with E-state index in [9.17, 15) is 18.0 Å². The summed E-state index contributed by atoms with van der Waals surface area (Å²) < 4.78 is 27.3. The van der Waals surface area contributed by atoms with Crippen molar-refractivity contribution in [1.29, 1.82) is 0 Å². The molecule has 0 radical (unpaired) electrons. The minimum absolute atomic E-state index is 0.0433. The number of amides is 2. The van der Waals surface area contributed by atoms with Crippen LogP contribution in [0.4, 0.5) is 0 Å². The molecule has 1 aliphatic heterocycles. The molecule has 3 aromatic carbocycles. The van der Waals surface area contributed by atoms with Gasteiger partial charge in [-0.3, -0.25) is 14.5 Å². The van der Waals surface area contributed by atoms with E-state index in [1.54, 1.807) is 36.4 Å². The van der Waals surface area contributed by atoms with E-state index in [1.807, 2.05) is 43.3 Å². The Kier molecular flexibility index (Phi) is 5.74. The maximum absolute atomic E-state index is 13.6. The van der Waals surface area contributed by atoms with Crippen molar-refractivity contribution in [3.8, 4) is 0 Å². The summed E-state index contributed by atoms with van der Waals surface area (Å²) in [6, 6.07) is 24.5. The minimum atomic E-state index is -4.02. The molecule has 1 fully saturated rings. The summed E-state index contributed by atoms with van der Waals surface area (Å²) in [5.41, 5.74) is 2.37. The number of imide groups is 1. The lowest BCUT2D eigenvalue weighted by molar-refractivity contribution is -0.149. The molecule has 1 aliphatic rings. The van der Waals surface area contributed by atoms with Crippen LogP contribution in [-0.4, -0.2) is 30.4 Å². The second-order valence-electron chi connectivity index (χ2n) is 7.80. The van der Waals surface area contributed by atoms with E-state index in [0.717, 1.165) is 16.0 Å². The van der Waals surface area contributed by atoms with E-state index in [-0.39, 0.29) is 23.8 Å². The first-order valence-corrected chi connectivity index (χ1v) is 11.7. The Balaban J connectivity index is 1.78. The molecule has 31 heavy (non-hydrogen) atoms. The number of benzene rings is 3. The maximum atomic E-state index is 13.6. The predicted octanol–water partition coefficient (Wildman–Crippen LogP) is 3.88. The van der Waals surface area contributed by atoms with Crippen LogP contribution in [0, 0.1) is 6.92 Å². The SMILES string of the molecule is Cc1ccc(S(=O)(=O)[C@H]2C(=O)N(Cc3ccccc3)C(=O)C[C@@H]2c2ccccc2)cc1.